The standard InChI is InChI=1S/C20H23N7O4/c1-25-19(29)15(23-27(20(25)30)14-8-4-2-5-9-14)16-22-18(31-24-16)17(28)21-10-13-26-11-6-3-7-12-26/h2,4-5,8-9H,3,6-7,10-13H2,1H3,(H,21,28). The molecule has 1 amide bonds. The third-order valence-corrected chi connectivity index (χ3v) is 5.17. The van der Waals surface area contributed by atoms with Gasteiger partial charge in [-0.15, -0.1) is 0 Å². The molecule has 1 aliphatic heterocycles. The van der Waals surface area contributed by atoms with E-state index in [1.807, 2.05) is 0 Å². The second kappa shape index (κ2) is 9.04. The number of para-hydroxylation sites is 1. The number of hydrogen-bond donors (Lipinski definition) is 1. The number of benzene rings is 1. The lowest BCUT2D eigenvalue weighted by Crippen LogP contribution is -2.40. The van der Waals surface area contributed by atoms with Crippen LogP contribution in [0.25, 0.3) is 17.2 Å². The van der Waals surface area contributed by atoms with Crippen LogP contribution in [0.4, 0.5) is 0 Å². The summed E-state index contributed by atoms with van der Waals surface area (Å²) in [7, 11) is 1.34. The Morgan fingerprint density at radius 2 is 1.87 bits per heavy atom. The molecule has 1 N–H and O–H groups in total. The lowest BCUT2D eigenvalue weighted by atomic mass is 10.1. The minimum absolute atomic E-state index is 0.161. The van der Waals surface area contributed by atoms with Gasteiger partial charge in [-0.25, -0.2) is 4.79 Å². The molecule has 1 aliphatic rings. The molecule has 11 heteroatoms. The van der Waals surface area contributed by atoms with Gasteiger partial charge in [0.2, 0.25) is 5.82 Å². The highest BCUT2D eigenvalue weighted by molar-refractivity contribution is 5.89. The van der Waals surface area contributed by atoms with Crippen molar-refractivity contribution >= 4 is 5.91 Å². The van der Waals surface area contributed by atoms with E-state index in [-0.39, 0.29) is 17.4 Å². The third-order valence-electron chi connectivity index (χ3n) is 5.17. The fourth-order valence-electron chi connectivity index (χ4n) is 3.45. The van der Waals surface area contributed by atoms with E-state index >= 15 is 0 Å². The SMILES string of the molecule is Cn1c(=O)c(-c2noc(C(=O)NCCN3CCCCC3)n2)nn(-c2ccccc2)c1=O. The molecule has 2 aromatic heterocycles. The van der Waals surface area contributed by atoms with Gasteiger partial charge in [-0.3, -0.25) is 14.2 Å². The summed E-state index contributed by atoms with van der Waals surface area (Å²) >= 11 is 0. The summed E-state index contributed by atoms with van der Waals surface area (Å²) in [5.74, 6) is -0.953. The summed E-state index contributed by atoms with van der Waals surface area (Å²) in [6.45, 7) is 3.27. The molecule has 0 bridgehead atoms. The second-order valence-corrected chi connectivity index (χ2v) is 7.32. The Morgan fingerprint density at radius 1 is 1.13 bits per heavy atom. The van der Waals surface area contributed by atoms with Gasteiger partial charge in [-0.05, 0) is 38.1 Å². The lowest BCUT2D eigenvalue weighted by Gasteiger charge is -2.26. The van der Waals surface area contributed by atoms with Crippen LogP contribution in [-0.4, -0.2) is 61.5 Å². The number of likely N-dealkylation sites (tertiary alicyclic amines) is 1. The average Bonchev–Trinajstić information content (AvgIpc) is 3.29. The van der Waals surface area contributed by atoms with Crippen molar-refractivity contribution in [3.05, 3.63) is 57.1 Å². The van der Waals surface area contributed by atoms with Crippen molar-refractivity contribution < 1.29 is 9.32 Å². The van der Waals surface area contributed by atoms with Crippen molar-refractivity contribution in [3.63, 3.8) is 0 Å². The number of aromatic nitrogens is 5. The normalized spacial score (nSPS) is 14.5. The van der Waals surface area contributed by atoms with Gasteiger partial charge in [0.25, 0.3) is 5.56 Å². The molecule has 4 rings (SSSR count). The third kappa shape index (κ3) is 4.45. The first-order chi connectivity index (χ1) is 15.0. The monoisotopic (exact) mass is 425 g/mol. The molecule has 0 saturated carbocycles. The molecule has 0 spiro atoms. The van der Waals surface area contributed by atoms with Gasteiger partial charge in [0.15, 0.2) is 5.69 Å². The summed E-state index contributed by atoms with van der Waals surface area (Å²) in [5, 5.41) is 10.6. The van der Waals surface area contributed by atoms with Crippen LogP contribution >= 0.6 is 0 Å². The molecule has 162 valence electrons. The summed E-state index contributed by atoms with van der Waals surface area (Å²) in [5.41, 5.74) is -1.01. The van der Waals surface area contributed by atoms with Crippen LogP contribution in [0.3, 0.4) is 0 Å². The van der Waals surface area contributed by atoms with Crippen molar-refractivity contribution in [1.82, 2.24) is 34.7 Å². The maximum absolute atomic E-state index is 12.6. The Labute approximate surface area is 177 Å². The molecule has 31 heavy (non-hydrogen) atoms. The maximum atomic E-state index is 12.6. The summed E-state index contributed by atoms with van der Waals surface area (Å²) < 4.78 is 7.01. The molecule has 0 atom stereocenters. The molecule has 1 fully saturated rings. The molecule has 3 heterocycles. The van der Waals surface area contributed by atoms with Crippen molar-refractivity contribution in [3.8, 4) is 17.2 Å². The van der Waals surface area contributed by atoms with Crippen LogP contribution < -0.4 is 16.6 Å². The van der Waals surface area contributed by atoms with Gasteiger partial charge >= 0.3 is 17.5 Å². The van der Waals surface area contributed by atoms with Crippen molar-refractivity contribution in [1.29, 1.82) is 0 Å². The highest BCUT2D eigenvalue weighted by Gasteiger charge is 2.22. The van der Waals surface area contributed by atoms with Crippen molar-refractivity contribution in [2.24, 2.45) is 7.05 Å². The number of piperidine rings is 1. The zero-order valence-electron chi connectivity index (χ0n) is 17.2. The van der Waals surface area contributed by atoms with Gasteiger partial charge < -0.3 is 14.7 Å². The Bertz CT molecular complexity index is 1180. The molecule has 0 unspecified atom stereocenters. The van der Waals surface area contributed by atoms with E-state index in [9.17, 15) is 14.4 Å². The van der Waals surface area contributed by atoms with E-state index in [0.29, 0.717) is 12.2 Å². The summed E-state index contributed by atoms with van der Waals surface area (Å²) in [6, 6.07) is 8.65. The zero-order chi connectivity index (χ0) is 21.8. The maximum Gasteiger partial charge on any atom is 0.351 e. The first kappa shape index (κ1) is 20.7. The van der Waals surface area contributed by atoms with Crippen LogP contribution in [0.2, 0.25) is 0 Å². The molecule has 0 radical (unpaired) electrons. The van der Waals surface area contributed by atoms with Gasteiger partial charge in [-0.2, -0.15) is 14.8 Å². The first-order valence-electron chi connectivity index (χ1n) is 10.1. The Kier molecular flexibility index (Phi) is 6.03. The highest BCUT2D eigenvalue weighted by Crippen LogP contribution is 2.10. The summed E-state index contributed by atoms with van der Waals surface area (Å²) in [6.07, 6.45) is 3.60. The Morgan fingerprint density at radius 3 is 2.61 bits per heavy atom. The van der Waals surface area contributed by atoms with Crippen LogP contribution in [0, 0.1) is 0 Å². The molecule has 1 aromatic carbocycles. The smallest absolute Gasteiger partial charge is 0.347 e. The number of rotatable bonds is 6. The predicted molar refractivity (Wildman–Crippen MR) is 111 cm³/mol. The molecule has 1 saturated heterocycles. The number of nitrogens with one attached hydrogen (secondary N) is 1. The Hall–Kier alpha value is -3.60. The highest BCUT2D eigenvalue weighted by atomic mass is 16.5. The largest absolute Gasteiger partial charge is 0.351 e. The number of carbonyl (C=O) groups excluding carboxylic acids is 1. The van der Waals surface area contributed by atoms with E-state index in [4.69, 9.17) is 4.52 Å². The minimum atomic E-state index is -0.685. The predicted octanol–water partition coefficient (Wildman–Crippen LogP) is 0.197. The lowest BCUT2D eigenvalue weighted by molar-refractivity contribution is 0.0903. The minimum Gasteiger partial charge on any atom is -0.347 e. The fraction of sp³-hybridized carbons (Fsp3) is 0.400. The van der Waals surface area contributed by atoms with Gasteiger partial charge in [0, 0.05) is 20.1 Å². The molecular weight excluding hydrogens is 402 g/mol. The number of amides is 1. The van der Waals surface area contributed by atoms with E-state index < -0.39 is 17.2 Å². The van der Waals surface area contributed by atoms with Gasteiger partial charge in [-0.1, -0.05) is 29.8 Å². The van der Waals surface area contributed by atoms with Gasteiger partial charge in [0.05, 0.1) is 5.69 Å². The quantitative estimate of drug-likeness (QED) is 0.593. The van der Waals surface area contributed by atoms with Crippen LogP contribution in [-0.2, 0) is 7.05 Å². The van der Waals surface area contributed by atoms with Crippen LogP contribution in [0.1, 0.15) is 29.9 Å². The van der Waals surface area contributed by atoms with Crippen LogP contribution in [0.5, 0.6) is 0 Å². The van der Waals surface area contributed by atoms with Crippen LogP contribution in [0.15, 0.2) is 44.4 Å². The van der Waals surface area contributed by atoms with E-state index in [1.54, 1.807) is 30.3 Å². The Balaban J connectivity index is 1.53. The van der Waals surface area contributed by atoms with Crippen molar-refractivity contribution in [2.75, 3.05) is 26.2 Å². The van der Waals surface area contributed by atoms with E-state index in [2.05, 4.69) is 25.5 Å². The summed E-state index contributed by atoms with van der Waals surface area (Å²) in [4.78, 5) is 43.7. The molecule has 11 nitrogen and oxygen atoms in total. The number of hydrogen-bond acceptors (Lipinski definition) is 8. The first-order valence-corrected chi connectivity index (χ1v) is 10.1. The zero-order valence-corrected chi connectivity index (χ0v) is 17.2. The molecule has 0 aliphatic carbocycles. The number of nitrogens with zero attached hydrogens (tertiary/aromatic N) is 6. The van der Waals surface area contributed by atoms with Crippen molar-refractivity contribution in [2.45, 2.75) is 19.3 Å². The van der Waals surface area contributed by atoms with E-state index in [1.165, 1.54) is 26.3 Å². The van der Waals surface area contributed by atoms with E-state index in [0.717, 1.165) is 28.9 Å². The second-order valence-electron chi connectivity index (χ2n) is 7.32. The number of carbonyl (C=O) groups is 1. The van der Waals surface area contributed by atoms with Gasteiger partial charge in [0.1, 0.15) is 0 Å². The average molecular weight is 425 g/mol. The topological polar surface area (TPSA) is 128 Å². The molecular formula is C20H23N7O4. The molecule has 3 aromatic rings. The fourth-order valence-corrected chi connectivity index (χ4v) is 3.45.